The third-order valence-corrected chi connectivity index (χ3v) is 10.8. The first kappa shape index (κ1) is 29.6. The molecule has 53 heavy (non-hydrogen) atoms. The molecule has 3 heteroatoms. The summed E-state index contributed by atoms with van der Waals surface area (Å²) in [5, 5.41) is 9.94. The third-order valence-electron chi connectivity index (χ3n) is 10.8. The van der Waals surface area contributed by atoms with Crippen LogP contribution >= 0.6 is 0 Å². The highest BCUT2D eigenvalue weighted by atomic mass is 15.1. The predicted molar refractivity (Wildman–Crippen MR) is 225 cm³/mol. The fourth-order valence-electron chi connectivity index (χ4n) is 8.46. The van der Waals surface area contributed by atoms with Gasteiger partial charge in [0.2, 0.25) is 0 Å². The van der Waals surface area contributed by atoms with Crippen LogP contribution in [0.15, 0.2) is 200 Å². The van der Waals surface area contributed by atoms with Gasteiger partial charge in [0.15, 0.2) is 0 Å². The molecular formula is C50H33N3. The summed E-state index contributed by atoms with van der Waals surface area (Å²) in [5.74, 6) is 0. The fourth-order valence-corrected chi connectivity index (χ4v) is 8.46. The van der Waals surface area contributed by atoms with Gasteiger partial charge in [-0.15, -0.1) is 0 Å². The summed E-state index contributed by atoms with van der Waals surface area (Å²) in [6, 6.07) is 72.7. The first-order valence-electron chi connectivity index (χ1n) is 18.2. The molecule has 0 radical (unpaired) electrons. The molecule has 0 saturated heterocycles. The van der Waals surface area contributed by atoms with Gasteiger partial charge in [0.1, 0.15) is 0 Å². The second-order valence-corrected chi connectivity index (χ2v) is 13.8. The van der Waals surface area contributed by atoms with E-state index in [0.717, 1.165) is 28.4 Å². The van der Waals surface area contributed by atoms with Gasteiger partial charge in [-0.2, -0.15) is 0 Å². The van der Waals surface area contributed by atoms with Crippen LogP contribution in [-0.4, -0.2) is 9.13 Å². The zero-order valence-electron chi connectivity index (χ0n) is 28.9. The summed E-state index contributed by atoms with van der Waals surface area (Å²) in [6.45, 7) is 0. The van der Waals surface area contributed by atoms with E-state index < -0.39 is 0 Å². The lowest BCUT2D eigenvalue weighted by atomic mass is 10.1. The van der Waals surface area contributed by atoms with Crippen LogP contribution in [0.4, 0.5) is 17.1 Å². The smallest absolute Gasteiger partial charge is 0.0641 e. The van der Waals surface area contributed by atoms with Crippen molar-refractivity contribution < 1.29 is 0 Å². The number of rotatable bonds is 5. The molecule has 0 aliphatic rings. The number of hydrogen-bond donors (Lipinski definition) is 0. The van der Waals surface area contributed by atoms with Gasteiger partial charge in [-0.25, -0.2) is 0 Å². The third kappa shape index (κ3) is 4.61. The second kappa shape index (κ2) is 11.7. The zero-order chi connectivity index (χ0) is 34.9. The molecule has 0 amide bonds. The monoisotopic (exact) mass is 675 g/mol. The molecule has 0 spiro atoms. The minimum atomic E-state index is 1.11. The van der Waals surface area contributed by atoms with E-state index in [0.29, 0.717) is 0 Å². The molecule has 0 aliphatic heterocycles. The lowest BCUT2D eigenvalue weighted by Gasteiger charge is -2.26. The lowest BCUT2D eigenvalue weighted by Crippen LogP contribution is -2.10. The van der Waals surface area contributed by atoms with E-state index in [-0.39, 0.29) is 0 Å². The standard InChI is InChI=1S/C50H33N3/c1-2-16-38(17-3-1)51(41-24-22-34-12-4-6-14-36(34)32-41)39-26-28-40(29-27-39)53-46-20-10-8-18-43(46)44-30-31-48-49(50(44)53)45-19-9-11-21-47(45)52(48)42-25-23-35-13-5-7-15-37(35)33-42/h1-33H. The minimum Gasteiger partial charge on any atom is -0.310 e. The average Bonchev–Trinajstić information content (AvgIpc) is 3.74. The number of para-hydroxylation sites is 3. The van der Waals surface area contributed by atoms with Gasteiger partial charge >= 0.3 is 0 Å². The molecule has 11 rings (SSSR count). The van der Waals surface area contributed by atoms with E-state index in [1.165, 1.54) is 65.2 Å². The van der Waals surface area contributed by atoms with Crippen molar-refractivity contribution in [2.75, 3.05) is 4.90 Å². The van der Waals surface area contributed by atoms with Gasteiger partial charge in [-0.05, 0) is 100 Å². The van der Waals surface area contributed by atoms with Crippen LogP contribution in [0.25, 0.3) is 76.5 Å². The van der Waals surface area contributed by atoms with Crippen LogP contribution in [0.5, 0.6) is 0 Å². The van der Waals surface area contributed by atoms with Crippen molar-refractivity contribution >= 4 is 82.2 Å². The first-order chi connectivity index (χ1) is 26.3. The van der Waals surface area contributed by atoms with Crippen LogP contribution in [0, 0.1) is 0 Å². The summed E-state index contributed by atoms with van der Waals surface area (Å²) < 4.78 is 4.90. The molecule has 0 fully saturated rings. The SMILES string of the molecule is c1ccc(N(c2ccc(-n3c4ccccc4c4ccc5c(c6ccccc6n5-c5ccc6ccccc6c5)c43)cc2)c2ccc3ccccc3c2)cc1. The fraction of sp³-hybridized carbons (Fsp3) is 0. The average molecular weight is 676 g/mol. The van der Waals surface area contributed by atoms with E-state index in [1.807, 2.05) is 0 Å². The Balaban J connectivity index is 1.14. The van der Waals surface area contributed by atoms with Gasteiger partial charge in [0, 0.05) is 50.0 Å². The number of nitrogens with zero attached hydrogens (tertiary/aromatic N) is 3. The van der Waals surface area contributed by atoms with Crippen molar-refractivity contribution in [3.63, 3.8) is 0 Å². The second-order valence-electron chi connectivity index (χ2n) is 13.8. The van der Waals surface area contributed by atoms with E-state index in [2.05, 4.69) is 214 Å². The van der Waals surface area contributed by atoms with Gasteiger partial charge in [-0.3, -0.25) is 0 Å². The van der Waals surface area contributed by atoms with Crippen LogP contribution < -0.4 is 4.90 Å². The van der Waals surface area contributed by atoms with Crippen LogP contribution in [-0.2, 0) is 0 Å². The number of aromatic nitrogens is 2. The molecule has 0 aliphatic carbocycles. The summed E-state index contributed by atoms with van der Waals surface area (Å²) in [4.78, 5) is 2.34. The zero-order valence-corrected chi connectivity index (χ0v) is 28.9. The molecule has 3 nitrogen and oxygen atoms in total. The molecule has 11 aromatic rings. The van der Waals surface area contributed by atoms with E-state index in [9.17, 15) is 0 Å². The maximum absolute atomic E-state index is 2.47. The Kier molecular flexibility index (Phi) is 6.55. The first-order valence-corrected chi connectivity index (χ1v) is 18.2. The van der Waals surface area contributed by atoms with E-state index in [1.54, 1.807) is 0 Å². The summed E-state index contributed by atoms with van der Waals surface area (Å²) in [6.07, 6.45) is 0. The predicted octanol–water partition coefficient (Wildman–Crippen LogP) is 13.7. The Morgan fingerprint density at radius 3 is 1.60 bits per heavy atom. The number of anilines is 3. The largest absolute Gasteiger partial charge is 0.310 e. The summed E-state index contributed by atoms with van der Waals surface area (Å²) in [5.41, 5.74) is 10.5. The van der Waals surface area contributed by atoms with Gasteiger partial charge in [0.05, 0.1) is 22.1 Å². The number of fused-ring (bicyclic) bond motifs is 9. The van der Waals surface area contributed by atoms with Crippen molar-refractivity contribution in [3.05, 3.63) is 200 Å². The number of hydrogen-bond acceptors (Lipinski definition) is 1. The van der Waals surface area contributed by atoms with Crippen molar-refractivity contribution in [2.24, 2.45) is 0 Å². The molecule has 2 aromatic heterocycles. The Bertz CT molecular complexity index is 3170. The van der Waals surface area contributed by atoms with Crippen LogP contribution in [0.1, 0.15) is 0 Å². The van der Waals surface area contributed by atoms with Crippen molar-refractivity contribution in [2.45, 2.75) is 0 Å². The summed E-state index contributed by atoms with van der Waals surface area (Å²) in [7, 11) is 0. The quantitative estimate of drug-likeness (QED) is 0.177. The van der Waals surface area contributed by atoms with Crippen molar-refractivity contribution in [3.8, 4) is 11.4 Å². The Labute approximate surface area is 306 Å². The van der Waals surface area contributed by atoms with Crippen molar-refractivity contribution in [1.29, 1.82) is 0 Å². The van der Waals surface area contributed by atoms with E-state index in [4.69, 9.17) is 0 Å². The summed E-state index contributed by atoms with van der Waals surface area (Å²) >= 11 is 0. The molecular weight excluding hydrogens is 643 g/mol. The molecule has 248 valence electrons. The molecule has 2 heterocycles. The molecule has 0 unspecified atom stereocenters. The highest BCUT2D eigenvalue weighted by Gasteiger charge is 2.21. The van der Waals surface area contributed by atoms with Crippen LogP contribution in [0.2, 0.25) is 0 Å². The maximum atomic E-state index is 2.47. The highest BCUT2D eigenvalue weighted by Crippen LogP contribution is 2.43. The Morgan fingerprint density at radius 1 is 0.302 bits per heavy atom. The molecule has 0 saturated carbocycles. The van der Waals surface area contributed by atoms with E-state index >= 15 is 0 Å². The topological polar surface area (TPSA) is 13.1 Å². The van der Waals surface area contributed by atoms with Crippen molar-refractivity contribution in [1.82, 2.24) is 9.13 Å². The highest BCUT2D eigenvalue weighted by molar-refractivity contribution is 6.26. The normalized spacial score (nSPS) is 11.8. The van der Waals surface area contributed by atoms with Gasteiger partial charge in [-0.1, -0.05) is 121 Å². The molecule has 0 atom stereocenters. The minimum absolute atomic E-state index is 1.11. The molecule has 9 aromatic carbocycles. The van der Waals surface area contributed by atoms with Gasteiger partial charge in [0.25, 0.3) is 0 Å². The molecule has 0 N–H and O–H groups in total. The molecule has 0 bridgehead atoms. The van der Waals surface area contributed by atoms with Gasteiger partial charge < -0.3 is 14.0 Å². The van der Waals surface area contributed by atoms with Crippen LogP contribution in [0.3, 0.4) is 0 Å². The Hall–Kier alpha value is -7.10. The Morgan fingerprint density at radius 2 is 0.849 bits per heavy atom. The number of benzene rings is 9. The lowest BCUT2D eigenvalue weighted by molar-refractivity contribution is 1.17. The maximum Gasteiger partial charge on any atom is 0.0641 e.